The molecule has 8 nitrogen and oxygen atoms in total. The number of carboxylic acid groups (broad SMARTS) is 1. The molecule has 2 aromatic rings. The number of fused-ring (bicyclic) bond motifs is 3. The van der Waals surface area contributed by atoms with Crippen LogP contribution in [-0.4, -0.2) is 56.0 Å². The minimum absolute atomic E-state index is 0.00717. The molecule has 0 aliphatic heterocycles. The van der Waals surface area contributed by atoms with Crippen LogP contribution < -0.4 is 10.6 Å². The van der Waals surface area contributed by atoms with Gasteiger partial charge in [-0.25, -0.2) is 4.79 Å². The van der Waals surface area contributed by atoms with Gasteiger partial charge < -0.3 is 25.2 Å². The van der Waals surface area contributed by atoms with Gasteiger partial charge in [0.15, 0.2) is 0 Å². The Labute approximate surface area is 205 Å². The number of ether oxygens (including phenoxy) is 2. The van der Waals surface area contributed by atoms with Crippen molar-refractivity contribution in [3.8, 4) is 11.1 Å². The number of methoxy groups -OCH3 is 1. The summed E-state index contributed by atoms with van der Waals surface area (Å²) in [6.45, 7) is 0.986. The first-order valence-electron chi connectivity index (χ1n) is 12.1. The van der Waals surface area contributed by atoms with Crippen molar-refractivity contribution in [2.24, 2.45) is 11.8 Å². The largest absolute Gasteiger partial charge is 0.481 e. The predicted molar refractivity (Wildman–Crippen MR) is 130 cm³/mol. The average Bonchev–Trinajstić information content (AvgIpc) is 3.15. The quantitative estimate of drug-likeness (QED) is 0.453. The maximum atomic E-state index is 12.4. The van der Waals surface area contributed by atoms with Crippen LogP contribution in [-0.2, 0) is 19.1 Å². The molecule has 2 amide bonds. The van der Waals surface area contributed by atoms with E-state index < -0.39 is 18.2 Å². The lowest BCUT2D eigenvalue weighted by Gasteiger charge is -2.34. The molecule has 4 rings (SSSR count). The average molecular weight is 481 g/mol. The van der Waals surface area contributed by atoms with E-state index in [4.69, 9.17) is 14.6 Å². The van der Waals surface area contributed by atoms with Crippen LogP contribution in [0.2, 0.25) is 0 Å². The van der Waals surface area contributed by atoms with Gasteiger partial charge in [-0.15, -0.1) is 0 Å². The molecule has 0 saturated heterocycles. The van der Waals surface area contributed by atoms with Crippen molar-refractivity contribution >= 4 is 18.0 Å². The predicted octanol–water partition coefficient (Wildman–Crippen LogP) is 3.55. The van der Waals surface area contributed by atoms with Gasteiger partial charge in [-0.2, -0.15) is 0 Å². The highest BCUT2D eigenvalue weighted by Gasteiger charge is 2.32. The fourth-order valence-electron chi connectivity index (χ4n) is 5.12. The van der Waals surface area contributed by atoms with Gasteiger partial charge in [0.2, 0.25) is 5.91 Å². The Kier molecular flexibility index (Phi) is 8.02. The van der Waals surface area contributed by atoms with E-state index in [0.29, 0.717) is 18.9 Å². The molecule has 0 spiro atoms. The van der Waals surface area contributed by atoms with E-state index in [1.165, 1.54) is 18.2 Å². The number of rotatable bonds is 11. The Bertz CT molecular complexity index is 1020. The van der Waals surface area contributed by atoms with Crippen LogP contribution in [0.15, 0.2) is 48.5 Å². The SMILES string of the molecule is COC(CCNC(=O)OCC1c2ccccc2-c2ccccc21)C(=O)NCC1CC(CC(=O)O)C1. The summed E-state index contributed by atoms with van der Waals surface area (Å²) in [5, 5.41) is 14.4. The lowest BCUT2D eigenvalue weighted by Crippen LogP contribution is -2.43. The molecule has 1 unspecified atom stereocenters. The Morgan fingerprint density at radius 2 is 1.60 bits per heavy atom. The Morgan fingerprint density at radius 1 is 0.971 bits per heavy atom. The Morgan fingerprint density at radius 3 is 2.20 bits per heavy atom. The topological polar surface area (TPSA) is 114 Å². The number of hydrogen-bond acceptors (Lipinski definition) is 5. The molecule has 3 N–H and O–H groups in total. The zero-order chi connectivity index (χ0) is 24.8. The molecule has 1 atom stereocenters. The van der Waals surface area contributed by atoms with Gasteiger partial charge in [-0.05, 0) is 46.9 Å². The minimum atomic E-state index is -0.777. The highest BCUT2D eigenvalue weighted by atomic mass is 16.5. The maximum absolute atomic E-state index is 12.4. The van der Waals surface area contributed by atoms with Crippen LogP contribution in [0, 0.1) is 11.8 Å². The van der Waals surface area contributed by atoms with Crippen LogP contribution >= 0.6 is 0 Å². The van der Waals surface area contributed by atoms with E-state index in [-0.39, 0.29) is 37.3 Å². The summed E-state index contributed by atoms with van der Waals surface area (Å²) in [4.78, 5) is 35.5. The fraction of sp³-hybridized carbons (Fsp3) is 0.444. The van der Waals surface area contributed by atoms with Gasteiger partial charge in [-0.3, -0.25) is 9.59 Å². The minimum Gasteiger partial charge on any atom is -0.481 e. The summed E-state index contributed by atoms with van der Waals surface area (Å²) >= 11 is 0. The van der Waals surface area contributed by atoms with Crippen molar-refractivity contribution in [3.05, 3.63) is 59.7 Å². The molecular formula is C27H32N2O6. The third-order valence-electron chi connectivity index (χ3n) is 6.96. The van der Waals surface area contributed by atoms with Crippen molar-refractivity contribution in [2.45, 2.75) is 37.7 Å². The van der Waals surface area contributed by atoms with Gasteiger partial charge in [0.25, 0.3) is 0 Å². The number of alkyl carbamates (subject to hydrolysis) is 1. The number of nitrogens with one attached hydrogen (secondary N) is 2. The molecule has 1 fully saturated rings. The smallest absolute Gasteiger partial charge is 0.407 e. The number of carbonyl (C=O) groups excluding carboxylic acids is 2. The van der Waals surface area contributed by atoms with Gasteiger partial charge in [0.05, 0.1) is 0 Å². The molecule has 186 valence electrons. The monoisotopic (exact) mass is 480 g/mol. The normalized spacial score (nSPS) is 19.1. The van der Waals surface area contributed by atoms with Crippen LogP contribution in [0.5, 0.6) is 0 Å². The first-order valence-corrected chi connectivity index (χ1v) is 12.1. The molecule has 2 aliphatic rings. The molecule has 0 aromatic heterocycles. The molecule has 0 radical (unpaired) electrons. The summed E-state index contributed by atoms with van der Waals surface area (Å²) in [6, 6.07) is 16.3. The number of hydrogen-bond donors (Lipinski definition) is 3. The second-order valence-electron chi connectivity index (χ2n) is 9.31. The first kappa shape index (κ1) is 24.7. The third-order valence-corrected chi connectivity index (χ3v) is 6.96. The molecule has 0 heterocycles. The summed E-state index contributed by atoms with van der Waals surface area (Å²) in [6.07, 6.45) is 0.923. The van der Waals surface area contributed by atoms with E-state index in [1.54, 1.807) is 0 Å². The fourth-order valence-corrected chi connectivity index (χ4v) is 5.12. The Balaban J connectivity index is 1.17. The second-order valence-corrected chi connectivity index (χ2v) is 9.31. The number of aliphatic carboxylic acids is 1. The van der Waals surface area contributed by atoms with Gasteiger partial charge in [-0.1, -0.05) is 48.5 Å². The van der Waals surface area contributed by atoms with Crippen LogP contribution in [0.25, 0.3) is 11.1 Å². The number of benzene rings is 2. The van der Waals surface area contributed by atoms with Gasteiger partial charge in [0.1, 0.15) is 12.7 Å². The summed E-state index contributed by atoms with van der Waals surface area (Å²) in [5.41, 5.74) is 4.65. The molecule has 2 aliphatic carbocycles. The third kappa shape index (κ3) is 6.00. The van der Waals surface area contributed by atoms with Crippen molar-refractivity contribution in [3.63, 3.8) is 0 Å². The van der Waals surface area contributed by atoms with Crippen LogP contribution in [0.4, 0.5) is 4.79 Å². The van der Waals surface area contributed by atoms with Crippen molar-refractivity contribution < 1.29 is 29.0 Å². The van der Waals surface area contributed by atoms with E-state index in [1.807, 2.05) is 24.3 Å². The highest BCUT2D eigenvalue weighted by Crippen LogP contribution is 2.44. The lowest BCUT2D eigenvalue weighted by molar-refractivity contribution is -0.139. The van der Waals surface area contributed by atoms with E-state index >= 15 is 0 Å². The highest BCUT2D eigenvalue weighted by molar-refractivity contribution is 5.81. The summed E-state index contributed by atoms with van der Waals surface area (Å²) < 4.78 is 10.8. The maximum Gasteiger partial charge on any atom is 0.407 e. The number of carbonyl (C=O) groups is 3. The summed E-state index contributed by atoms with van der Waals surface area (Å²) in [7, 11) is 1.46. The first-order chi connectivity index (χ1) is 17.0. The molecule has 8 heteroatoms. The summed E-state index contributed by atoms with van der Waals surface area (Å²) in [5.74, 6) is -0.509. The zero-order valence-corrected chi connectivity index (χ0v) is 19.9. The number of carboxylic acids is 1. The standard InChI is InChI=1S/C27H32N2O6/c1-34-24(26(32)29-15-18-12-17(13-18)14-25(30)31)10-11-28-27(33)35-16-23-21-8-4-2-6-19(21)20-7-3-5-9-22(20)23/h2-9,17-18,23-24H,10-16H2,1H3,(H,28,33)(H,29,32)(H,30,31). The van der Waals surface area contributed by atoms with Gasteiger partial charge >= 0.3 is 12.1 Å². The second kappa shape index (κ2) is 11.4. The van der Waals surface area contributed by atoms with E-state index in [0.717, 1.165) is 24.0 Å². The van der Waals surface area contributed by atoms with Crippen molar-refractivity contribution in [2.75, 3.05) is 26.8 Å². The van der Waals surface area contributed by atoms with E-state index in [2.05, 4.69) is 34.9 Å². The molecular weight excluding hydrogens is 448 g/mol. The molecule has 0 bridgehead atoms. The molecule has 2 aromatic carbocycles. The van der Waals surface area contributed by atoms with Crippen LogP contribution in [0.1, 0.15) is 42.7 Å². The van der Waals surface area contributed by atoms with Gasteiger partial charge in [0, 0.05) is 39.0 Å². The Hall–Kier alpha value is -3.39. The number of amides is 2. The lowest BCUT2D eigenvalue weighted by atomic mass is 9.73. The molecule has 1 saturated carbocycles. The van der Waals surface area contributed by atoms with Crippen molar-refractivity contribution in [1.29, 1.82) is 0 Å². The van der Waals surface area contributed by atoms with Crippen LogP contribution in [0.3, 0.4) is 0 Å². The van der Waals surface area contributed by atoms with Crippen molar-refractivity contribution in [1.82, 2.24) is 10.6 Å². The zero-order valence-electron chi connectivity index (χ0n) is 19.9. The molecule has 35 heavy (non-hydrogen) atoms. The van der Waals surface area contributed by atoms with E-state index in [9.17, 15) is 14.4 Å².